The van der Waals surface area contributed by atoms with Crippen LogP contribution < -0.4 is 4.74 Å². The minimum absolute atomic E-state index is 0.0247. The molecular weight excluding hydrogens is 513 g/mol. The van der Waals surface area contributed by atoms with Crippen molar-refractivity contribution >= 4 is 57.8 Å². The lowest BCUT2D eigenvalue weighted by Crippen LogP contribution is -2.40. The van der Waals surface area contributed by atoms with E-state index >= 15 is 0 Å². The average molecular weight is 539 g/mol. The number of hydrogen-bond acceptors (Lipinski definition) is 5. The van der Waals surface area contributed by atoms with Crippen molar-refractivity contribution in [3.05, 3.63) is 93.1 Å². The lowest BCUT2D eigenvalue weighted by Gasteiger charge is -2.30. The van der Waals surface area contributed by atoms with Crippen molar-refractivity contribution in [1.82, 2.24) is 9.88 Å². The number of pyridine rings is 1. The molecule has 2 heterocycles. The number of para-hydroxylation sites is 1. The Morgan fingerprint density at radius 2 is 1.83 bits per heavy atom. The highest BCUT2D eigenvalue weighted by molar-refractivity contribution is 8.18. The van der Waals surface area contributed by atoms with E-state index in [1.807, 2.05) is 59.5 Å². The molecule has 0 unspecified atom stereocenters. The van der Waals surface area contributed by atoms with E-state index in [0.29, 0.717) is 38.2 Å². The van der Waals surface area contributed by atoms with Gasteiger partial charge in [-0.3, -0.25) is 14.7 Å². The molecule has 2 fully saturated rings. The van der Waals surface area contributed by atoms with Crippen LogP contribution in [0.2, 0.25) is 10.0 Å². The first-order valence-corrected chi connectivity index (χ1v) is 13.5. The maximum absolute atomic E-state index is 13.7. The Morgan fingerprint density at radius 1 is 1.06 bits per heavy atom. The summed E-state index contributed by atoms with van der Waals surface area (Å²) in [6.45, 7) is 0.403. The first kappa shape index (κ1) is 24.9. The normalized spacial score (nSPS) is 18.8. The molecule has 5 rings (SSSR count). The molecule has 3 aromatic rings. The van der Waals surface area contributed by atoms with E-state index in [4.69, 9.17) is 32.9 Å². The van der Waals surface area contributed by atoms with Gasteiger partial charge >= 0.3 is 0 Å². The van der Waals surface area contributed by atoms with Crippen LogP contribution in [0.25, 0.3) is 6.08 Å². The third-order valence-corrected chi connectivity index (χ3v) is 7.78. The number of halogens is 2. The number of carbonyl (C=O) groups is 1. The van der Waals surface area contributed by atoms with Crippen molar-refractivity contribution in [3.8, 4) is 5.75 Å². The smallest absolute Gasteiger partial charge is 0.267 e. The number of rotatable bonds is 6. The quantitative estimate of drug-likeness (QED) is 0.300. The number of aromatic nitrogens is 1. The lowest BCUT2D eigenvalue weighted by molar-refractivity contribution is -0.124. The number of hydrogen-bond donors (Lipinski definition) is 0. The third-order valence-electron chi connectivity index (χ3n) is 6.26. The lowest BCUT2D eigenvalue weighted by atomic mass is 9.94. The molecule has 8 heteroatoms. The van der Waals surface area contributed by atoms with Crippen molar-refractivity contribution in [2.45, 2.75) is 44.8 Å². The van der Waals surface area contributed by atoms with Crippen molar-refractivity contribution in [2.75, 3.05) is 0 Å². The molecule has 1 amide bonds. The Bertz CT molecular complexity index is 1300. The van der Waals surface area contributed by atoms with Crippen molar-refractivity contribution < 1.29 is 9.53 Å². The Labute approximate surface area is 225 Å². The van der Waals surface area contributed by atoms with Gasteiger partial charge in [-0.2, -0.15) is 0 Å². The molecule has 184 valence electrons. The van der Waals surface area contributed by atoms with E-state index in [1.54, 1.807) is 18.5 Å². The zero-order valence-electron chi connectivity index (χ0n) is 19.6. The largest absolute Gasteiger partial charge is 0.488 e. The van der Waals surface area contributed by atoms with Gasteiger partial charge in [0, 0.05) is 29.0 Å². The van der Waals surface area contributed by atoms with Gasteiger partial charge in [0.25, 0.3) is 5.91 Å². The molecule has 1 aliphatic carbocycles. The SMILES string of the molecule is O=C1/C(=C/c2ccccc2OCc2ccc(Cl)cc2)SC(=Nc2ccncc2Cl)N1C1CCCCC1. The van der Waals surface area contributed by atoms with E-state index < -0.39 is 0 Å². The second kappa shape index (κ2) is 11.5. The summed E-state index contributed by atoms with van der Waals surface area (Å²) in [7, 11) is 0. The van der Waals surface area contributed by atoms with Gasteiger partial charge in [-0.25, -0.2) is 4.99 Å². The van der Waals surface area contributed by atoms with E-state index in [2.05, 4.69) is 4.98 Å². The van der Waals surface area contributed by atoms with Gasteiger partial charge < -0.3 is 4.74 Å². The van der Waals surface area contributed by atoms with Gasteiger partial charge in [0.05, 0.1) is 15.6 Å². The van der Waals surface area contributed by atoms with Crippen LogP contribution in [0.4, 0.5) is 5.69 Å². The van der Waals surface area contributed by atoms with Gasteiger partial charge in [0.15, 0.2) is 5.17 Å². The van der Waals surface area contributed by atoms with Crippen LogP contribution in [0.1, 0.15) is 43.2 Å². The van der Waals surface area contributed by atoms with E-state index in [9.17, 15) is 4.79 Å². The third kappa shape index (κ3) is 5.77. The Balaban J connectivity index is 1.44. The Morgan fingerprint density at radius 3 is 2.61 bits per heavy atom. The molecule has 1 aromatic heterocycles. The highest BCUT2D eigenvalue weighted by Gasteiger charge is 2.38. The molecule has 0 bridgehead atoms. The predicted octanol–water partition coefficient (Wildman–Crippen LogP) is 7.90. The van der Waals surface area contributed by atoms with E-state index in [0.717, 1.165) is 36.8 Å². The summed E-state index contributed by atoms with van der Waals surface area (Å²) in [5.74, 6) is 0.684. The maximum Gasteiger partial charge on any atom is 0.267 e. The summed E-state index contributed by atoms with van der Waals surface area (Å²) in [6, 6.07) is 17.2. The first-order valence-electron chi connectivity index (χ1n) is 12.0. The second-order valence-electron chi connectivity index (χ2n) is 8.75. The van der Waals surface area contributed by atoms with Gasteiger partial charge in [-0.05, 0) is 60.5 Å². The number of nitrogens with zero attached hydrogens (tertiary/aromatic N) is 3. The molecule has 2 aliphatic rings. The number of thioether (sulfide) groups is 1. The fraction of sp³-hybridized carbons (Fsp3) is 0.250. The summed E-state index contributed by atoms with van der Waals surface area (Å²) in [5.41, 5.74) is 2.46. The predicted molar refractivity (Wildman–Crippen MR) is 148 cm³/mol. The standard InChI is InChI=1S/C28H25Cl2N3O2S/c29-21-12-10-19(11-13-21)18-35-25-9-5-4-6-20(25)16-26-27(34)33(22-7-2-1-3-8-22)28(36-26)32-24-14-15-31-17-23(24)30/h4-6,9-17,22H,1-3,7-8,18H2/b26-16-,32-28?. The summed E-state index contributed by atoms with van der Waals surface area (Å²) in [6.07, 6.45) is 10.5. The summed E-state index contributed by atoms with van der Waals surface area (Å²) >= 11 is 13.7. The fourth-order valence-corrected chi connectivity index (χ4v) is 5.73. The van der Waals surface area contributed by atoms with Crippen molar-refractivity contribution in [3.63, 3.8) is 0 Å². The first-order chi connectivity index (χ1) is 17.6. The van der Waals surface area contributed by atoms with Crippen LogP contribution in [-0.2, 0) is 11.4 Å². The van der Waals surface area contributed by atoms with Gasteiger partial charge in [0.2, 0.25) is 0 Å². The minimum Gasteiger partial charge on any atom is -0.488 e. The Kier molecular flexibility index (Phi) is 7.95. The topological polar surface area (TPSA) is 54.8 Å². The van der Waals surface area contributed by atoms with Crippen LogP contribution in [0.3, 0.4) is 0 Å². The average Bonchev–Trinajstić information content (AvgIpc) is 3.20. The van der Waals surface area contributed by atoms with Crippen LogP contribution in [0.5, 0.6) is 5.75 Å². The van der Waals surface area contributed by atoms with Crippen molar-refractivity contribution in [2.24, 2.45) is 4.99 Å². The van der Waals surface area contributed by atoms with E-state index in [-0.39, 0.29) is 11.9 Å². The fourth-order valence-electron chi connectivity index (χ4n) is 4.40. The maximum atomic E-state index is 13.7. The number of carbonyl (C=O) groups excluding carboxylic acids is 1. The van der Waals surface area contributed by atoms with E-state index in [1.165, 1.54) is 18.2 Å². The summed E-state index contributed by atoms with van der Waals surface area (Å²) in [4.78, 5) is 25.0. The van der Waals surface area contributed by atoms with Crippen LogP contribution in [0, 0.1) is 0 Å². The highest BCUT2D eigenvalue weighted by Crippen LogP contribution is 2.40. The molecule has 36 heavy (non-hydrogen) atoms. The summed E-state index contributed by atoms with van der Waals surface area (Å²) < 4.78 is 6.11. The molecular formula is C28H25Cl2N3O2S. The monoisotopic (exact) mass is 537 g/mol. The van der Waals surface area contributed by atoms with Crippen molar-refractivity contribution in [1.29, 1.82) is 0 Å². The minimum atomic E-state index is -0.0247. The van der Waals surface area contributed by atoms with Gasteiger partial charge in [-0.15, -0.1) is 0 Å². The number of ether oxygens (including phenoxy) is 1. The van der Waals surface area contributed by atoms with Crippen LogP contribution in [0.15, 0.2) is 76.9 Å². The number of amidine groups is 1. The molecule has 0 spiro atoms. The molecule has 1 saturated heterocycles. The number of aliphatic imine (C=N–C) groups is 1. The molecule has 1 aliphatic heterocycles. The van der Waals surface area contributed by atoms with Gasteiger partial charge in [-0.1, -0.05) is 72.8 Å². The molecule has 0 N–H and O–H groups in total. The number of amides is 1. The molecule has 5 nitrogen and oxygen atoms in total. The molecule has 2 aromatic carbocycles. The number of benzene rings is 2. The summed E-state index contributed by atoms with van der Waals surface area (Å²) in [5, 5.41) is 1.81. The van der Waals surface area contributed by atoms with Gasteiger partial charge in [0.1, 0.15) is 12.4 Å². The molecule has 0 radical (unpaired) electrons. The molecule has 1 saturated carbocycles. The highest BCUT2D eigenvalue weighted by atomic mass is 35.5. The van der Waals surface area contributed by atoms with Crippen LogP contribution >= 0.6 is 35.0 Å². The second-order valence-corrected chi connectivity index (χ2v) is 10.6. The Hall–Kier alpha value is -2.80. The zero-order chi connectivity index (χ0) is 24.9. The zero-order valence-corrected chi connectivity index (χ0v) is 21.9. The molecule has 0 atom stereocenters. The van der Waals surface area contributed by atoms with Crippen LogP contribution in [-0.4, -0.2) is 27.0 Å².